The molecule has 114 valence electrons. The molecule has 0 fully saturated rings. The minimum Gasteiger partial charge on any atom is -0.396 e. The van der Waals surface area contributed by atoms with Crippen molar-refractivity contribution < 1.29 is 4.39 Å². The number of anilines is 1. The van der Waals surface area contributed by atoms with Gasteiger partial charge in [0, 0.05) is 5.56 Å². The van der Waals surface area contributed by atoms with Crippen LogP contribution in [0.2, 0.25) is 0 Å². The van der Waals surface area contributed by atoms with Crippen LogP contribution in [0.4, 0.5) is 10.1 Å². The van der Waals surface area contributed by atoms with E-state index in [-0.39, 0.29) is 11.7 Å². The molecule has 1 heterocycles. The molecular weight excluding hydrogens is 269 g/mol. The predicted molar refractivity (Wildman–Crippen MR) is 81.0 cm³/mol. The Bertz CT molecular complexity index is 593. The number of halogens is 1. The number of rotatable bonds is 6. The van der Waals surface area contributed by atoms with Crippen molar-refractivity contribution in [2.45, 2.75) is 46.1 Å². The van der Waals surface area contributed by atoms with Crippen molar-refractivity contribution in [2.75, 3.05) is 5.73 Å². The van der Waals surface area contributed by atoms with E-state index in [1.807, 2.05) is 0 Å². The zero-order valence-electron chi connectivity index (χ0n) is 12.8. The van der Waals surface area contributed by atoms with Crippen molar-refractivity contribution in [2.24, 2.45) is 5.92 Å². The normalized spacial score (nSPS) is 12.8. The fraction of sp³-hybridized carbons (Fsp3) is 0.533. The molecule has 1 atom stereocenters. The molecule has 0 spiro atoms. The van der Waals surface area contributed by atoms with E-state index in [0.29, 0.717) is 17.3 Å². The number of hydrogen-bond donors (Lipinski definition) is 1. The smallest absolute Gasteiger partial charge is 0.182 e. The lowest BCUT2D eigenvalue weighted by Crippen LogP contribution is -2.09. The summed E-state index contributed by atoms with van der Waals surface area (Å²) in [6.07, 6.45) is 3.29. The van der Waals surface area contributed by atoms with Crippen LogP contribution in [-0.2, 0) is 0 Å². The molecule has 1 aromatic carbocycles. The number of nitrogen functional groups attached to an aromatic ring is 1. The Hall–Kier alpha value is -1.98. The maximum atomic E-state index is 13.6. The third-order valence-electron chi connectivity index (χ3n) is 3.57. The van der Waals surface area contributed by atoms with Crippen molar-refractivity contribution in [3.8, 4) is 11.4 Å². The van der Waals surface area contributed by atoms with E-state index in [0.717, 1.165) is 12.8 Å². The van der Waals surface area contributed by atoms with Gasteiger partial charge in [-0.05, 0) is 47.9 Å². The highest BCUT2D eigenvalue weighted by atomic mass is 19.1. The summed E-state index contributed by atoms with van der Waals surface area (Å²) in [5.41, 5.74) is 6.27. The summed E-state index contributed by atoms with van der Waals surface area (Å²) in [7, 11) is 0. The maximum Gasteiger partial charge on any atom is 0.182 e. The molecule has 0 aliphatic heterocycles. The summed E-state index contributed by atoms with van der Waals surface area (Å²) in [5, 5.41) is 11.8. The summed E-state index contributed by atoms with van der Waals surface area (Å²) in [4.78, 5) is 0. The molecule has 5 nitrogen and oxygen atoms in total. The van der Waals surface area contributed by atoms with Crippen LogP contribution in [0.1, 0.15) is 46.1 Å². The minimum atomic E-state index is -0.450. The number of nitrogens with zero attached hydrogens (tertiary/aromatic N) is 4. The van der Waals surface area contributed by atoms with E-state index in [9.17, 15) is 4.39 Å². The SMILES string of the molecule is CC(C)CCCC(C)n1nnnc1-c1ccc(N)c(F)c1. The highest BCUT2D eigenvalue weighted by Crippen LogP contribution is 2.24. The van der Waals surface area contributed by atoms with E-state index >= 15 is 0 Å². The largest absolute Gasteiger partial charge is 0.396 e. The molecule has 1 aromatic heterocycles. The predicted octanol–water partition coefficient (Wildman–Crippen LogP) is 3.45. The Morgan fingerprint density at radius 2 is 2.00 bits per heavy atom. The zero-order chi connectivity index (χ0) is 15.4. The summed E-state index contributed by atoms with van der Waals surface area (Å²) in [5.74, 6) is 0.817. The first kappa shape index (κ1) is 15.4. The number of benzene rings is 1. The van der Waals surface area contributed by atoms with Gasteiger partial charge in [0.05, 0.1) is 11.7 Å². The van der Waals surface area contributed by atoms with Crippen molar-refractivity contribution in [1.82, 2.24) is 20.2 Å². The van der Waals surface area contributed by atoms with Gasteiger partial charge in [-0.25, -0.2) is 9.07 Å². The Labute approximate surface area is 124 Å². The van der Waals surface area contributed by atoms with Gasteiger partial charge in [0.1, 0.15) is 5.82 Å². The lowest BCUT2D eigenvalue weighted by Gasteiger charge is -2.14. The van der Waals surface area contributed by atoms with Crippen LogP contribution in [0.3, 0.4) is 0 Å². The van der Waals surface area contributed by atoms with E-state index in [1.54, 1.807) is 10.7 Å². The first-order valence-electron chi connectivity index (χ1n) is 7.32. The minimum absolute atomic E-state index is 0.128. The van der Waals surface area contributed by atoms with Crippen LogP contribution < -0.4 is 5.73 Å². The molecule has 6 heteroatoms. The van der Waals surface area contributed by atoms with Crippen molar-refractivity contribution in [1.29, 1.82) is 0 Å². The van der Waals surface area contributed by atoms with Gasteiger partial charge in [0.25, 0.3) is 0 Å². The van der Waals surface area contributed by atoms with Crippen molar-refractivity contribution in [3.05, 3.63) is 24.0 Å². The summed E-state index contributed by atoms with van der Waals surface area (Å²) in [6, 6.07) is 4.82. The molecule has 2 rings (SSSR count). The lowest BCUT2D eigenvalue weighted by molar-refractivity contribution is 0.414. The second-order valence-electron chi connectivity index (χ2n) is 5.86. The van der Waals surface area contributed by atoms with Crippen LogP contribution in [0.15, 0.2) is 18.2 Å². The van der Waals surface area contributed by atoms with Crippen LogP contribution in [0.25, 0.3) is 11.4 Å². The second-order valence-corrected chi connectivity index (χ2v) is 5.86. The molecule has 0 aliphatic carbocycles. The standard InChI is InChI=1S/C15H22FN5/c1-10(2)5-4-6-11(3)21-15(18-19-20-21)12-7-8-14(17)13(16)9-12/h7-11H,4-6,17H2,1-3H3. The van der Waals surface area contributed by atoms with E-state index in [2.05, 4.69) is 36.3 Å². The van der Waals surface area contributed by atoms with Gasteiger partial charge in [0.2, 0.25) is 0 Å². The Kier molecular flexibility index (Phi) is 4.88. The third kappa shape index (κ3) is 3.77. The van der Waals surface area contributed by atoms with E-state index < -0.39 is 5.82 Å². The van der Waals surface area contributed by atoms with Gasteiger partial charge >= 0.3 is 0 Å². The number of tetrazole rings is 1. The first-order valence-corrected chi connectivity index (χ1v) is 7.32. The molecule has 0 saturated heterocycles. The van der Waals surface area contributed by atoms with E-state index in [4.69, 9.17) is 5.73 Å². The van der Waals surface area contributed by atoms with Gasteiger partial charge in [-0.15, -0.1) is 5.10 Å². The van der Waals surface area contributed by atoms with Crippen LogP contribution in [0.5, 0.6) is 0 Å². The van der Waals surface area contributed by atoms with Crippen LogP contribution >= 0.6 is 0 Å². The molecule has 21 heavy (non-hydrogen) atoms. The van der Waals surface area contributed by atoms with Gasteiger partial charge in [0.15, 0.2) is 5.82 Å². The molecule has 1 unspecified atom stereocenters. The average molecular weight is 291 g/mol. The third-order valence-corrected chi connectivity index (χ3v) is 3.57. The molecule has 0 radical (unpaired) electrons. The molecule has 0 aliphatic rings. The fourth-order valence-corrected chi connectivity index (χ4v) is 2.29. The Morgan fingerprint density at radius 1 is 1.24 bits per heavy atom. The fourth-order valence-electron chi connectivity index (χ4n) is 2.29. The van der Waals surface area contributed by atoms with Crippen molar-refractivity contribution >= 4 is 5.69 Å². The lowest BCUT2D eigenvalue weighted by atomic mass is 10.0. The number of aromatic nitrogens is 4. The average Bonchev–Trinajstić information content (AvgIpc) is 2.90. The van der Waals surface area contributed by atoms with Crippen LogP contribution in [-0.4, -0.2) is 20.2 Å². The molecule has 2 N–H and O–H groups in total. The summed E-state index contributed by atoms with van der Waals surface area (Å²) >= 11 is 0. The zero-order valence-corrected chi connectivity index (χ0v) is 12.8. The molecule has 0 bridgehead atoms. The first-order chi connectivity index (χ1) is 9.99. The monoisotopic (exact) mass is 291 g/mol. The highest BCUT2D eigenvalue weighted by Gasteiger charge is 2.15. The summed E-state index contributed by atoms with van der Waals surface area (Å²) in [6.45, 7) is 6.50. The highest BCUT2D eigenvalue weighted by molar-refractivity contribution is 5.59. The molecule has 0 amide bonds. The second kappa shape index (κ2) is 6.65. The number of nitrogens with two attached hydrogens (primary N) is 1. The Morgan fingerprint density at radius 3 is 2.67 bits per heavy atom. The molecule has 0 saturated carbocycles. The van der Waals surface area contributed by atoms with E-state index in [1.165, 1.54) is 18.6 Å². The van der Waals surface area contributed by atoms with Gasteiger partial charge in [-0.3, -0.25) is 0 Å². The Balaban J connectivity index is 2.15. The van der Waals surface area contributed by atoms with Crippen LogP contribution in [0, 0.1) is 11.7 Å². The topological polar surface area (TPSA) is 69.6 Å². The quantitative estimate of drug-likeness (QED) is 0.828. The maximum absolute atomic E-state index is 13.6. The van der Waals surface area contributed by atoms with Gasteiger partial charge in [-0.2, -0.15) is 0 Å². The summed E-state index contributed by atoms with van der Waals surface area (Å²) < 4.78 is 15.3. The molecule has 2 aromatic rings. The van der Waals surface area contributed by atoms with Crippen molar-refractivity contribution in [3.63, 3.8) is 0 Å². The molecular formula is C15H22FN5. The number of hydrogen-bond acceptors (Lipinski definition) is 4. The van der Waals surface area contributed by atoms with Gasteiger partial charge in [-0.1, -0.05) is 26.7 Å². The van der Waals surface area contributed by atoms with Gasteiger partial charge < -0.3 is 5.73 Å².